The highest BCUT2D eigenvalue weighted by Gasteiger charge is 2.36. The minimum Gasteiger partial charge on any atom is -0.296 e. The van der Waals surface area contributed by atoms with Crippen molar-refractivity contribution in [1.82, 2.24) is 0 Å². The van der Waals surface area contributed by atoms with E-state index in [1.54, 1.807) is 0 Å². The van der Waals surface area contributed by atoms with Crippen molar-refractivity contribution in [3.63, 3.8) is 0 Å². The van der Waals surface area contributed by atoms with Gasteiger partial charge in [0, 0.05) is 0 Å². The molecular weight excluding hydrogens is 167 g/mol. The van der Waals surface area contributed by atoms with Crippen LogP contribution < -0.4 is 0 Å². The summed E-state index contributed by atoms with van der Waals surface area (Å²) in [5.74, 6) is -0.361. The Bertz CT molecular complexity index is 181. The molecule has 0 saturated carbocycles. The molecule has 1 nitrogen and oxygen atoms in total. The first-order valence-corrected chi connectivity index (χ1v) is 4.97. The van der Waals surface area contributed by atoms with Gasteiger partial charge >= 0.3 is 0 Å². The van der Waals surface area contributed by atoms with Crippen molar-refractivity contribution in [3.05, 3.63) is 0 Å². The molecule has 13 heavy (non-hydrogen) atoms. The Balaban J connectivity index is 4.48. The van der Waals surface area contributed by atoms with E-state index in [1.165, 1.54) is 13.8 Å². The predicted octanol–water partition coefficient (Wildman–Crippen LogP) is 3.52. The highest BCUT2D eigenvalue weighted by molar-refractivity contribution is 5.84. The van der Waals surface area contributed by atoms with Crippen LogP contribution in [0.1, 0.15) is 53.9 Å². The number of alkyl halides is 1. The van der Waals surface area contributed by atoms with Crippen LogP contribution in [0.25, 0.3) is 0 Å². The van der Waals surface area contributed by atoms with Crippen LogP contribution in [0.4, 0.5) is 4.39 Å². The minimum atomic E-state index is -1.65. The lowest BCUT2D eigenvalue weighted by molar-refractivity contribution is -0.129. The second kappa shape index (κ2) is 4.21. The summed E-state index contributed by atoms with van der Waals surface area (Å²) in [6.45, 7) is 8.83. The van der Waals surface area contributed by atoms with Crippen molar-refractivity contribution in [2.24, 2.45) is 5.41 Å². The lowest BCUT2D eigenvalue weighted by Gasteiger charge is -2.32. The third kappa shape index (κ3) is 3.45. The van der Waals surface area contributed by atoms with E-state index in [4.69, 9.17) is 0 Å². The van der Waals surface area contributed by atoms with Crippen LogP contribution in [-0.2, 0) is 4.79 Å². The molecule has 0 aliphatic rings. The van der Waals surface area contributed by atoms with E-state index < -0.39 is 5.67 Å². The molecule has 1 unspecified atom stereocenters. The lowest BCUT2D eigenvalue weighted by atomic mass is 9.75. The topological polar surface area (TPSA) is 17.1 Å². The molecule has 0 amide bonds. The highest BCUT2D eigenvalue weighted by atomic mass is 19.1. The van der Waals surface area contributed by atoms with Crippen LogP contribution in [0.3, 0.4) is 0 Å². The van der Waals surface area contributed by atoms with Crippen LogP contribution in [0.2, 0.25) is 0 Å². The van der Waals surface area contributed by atoms with E-state index in [1.807, 2.05) is 20.8 Å². The average molecular weight is 188 g/mol. The molecule has 0 heterocycles. The zero-order chi connectivity index (χ0) is 10.7. The number of carbonyl (C=O) groups is 1. The van der Waals surface area contributed by atoms with Gasteiger partial charge in [-0.1, -0.05) is 33.6 Å². The van der Waals surface area contributed by atoms with Gasteiger partial charge in [0.1, 0.15) is 0 Å². The Morgan fingerprint density at radius 2 is 1.62 bits per heavy atom. The monoisotopic (exact) mass is 188 g/mol. The largest absolute Gasteiger partial charge is 0.296 e. The number of carbonyl (C=O) groups excluding carboxylic acids is 1. The molecule has 0 aromatic carbocycles. The zero-order valence-electron chi connectivity index (χ0n) is 9.41. The standard InChI is InChI=1S/C11H21FO/c1-6-10(4,7-2)8-11(5,12)9(3)13/h6-8H2,1-5H3. The van der Waals surface area contributed by atoms with Crippen molar-refractivity contribution in [2.45, 2.75) is 59.5 Å². The number of Topliss-reactive ketones (excluding diaryl/α,β-unsaturated/α-hetero) is 1. The normalized spacial score (nSPS) is 16.8. The van der Waals surface area contributed by atoms with Gasteiger partial charge in [-0.25, -0.2) is 4.39 Å². The molecule has 0 aromatic rings. The van der Waals surface area contributed by atoms with Gasteiger partial charge in [-0.2, -0.15) is 0 Å². The fourth-order valence-corrected chi connectivity index (χ4v) is 1.43. The lowest BCUT2D eigenvalue weighted by Crippen LogP contribution is -2.34. The van der Waals surface area contributed by atoms with E-state index in [-0.39, 0.29) is 11.2 Å². The summed E-state index contributed by atoms with van der Waals surface area (Å²) in [4.78, 5) is 11.0. The Labute approximate surface area is 80.7 Å². The van der Waals surface area contributed by atoms with Gasteiger partial charge < -0.3 is 0 Å². The summed E-state index contributed by atoms with van der Waals surface area (Å²) in [7, 11) is 0. The SMILES string of the molecule is CCC(C)(CC)CC(C)(F)C(C)=O. The Hall–Kier alpha value is -0.400. The molecule has 0 radical (unpaired) electrons. The van der Waals surface area contributed by atoms with Crippen molar-refractivity contribution < 1.29 is 9.18 Å². The first kappa shape index (κ1) is 12.6. The first-order chi connectivity index (χ1) is 5.77. The third-order valence-electron chi connectivity index (χ3n) is 3.20. The van der Waals surface area contributed by atoms with E-state index >= 15 is 0 Å². The molecule has 0 rings (SSSR count). The number of rotatable bonds is 5. The molecule has 0 aliphatic carbocycles. The Morgan fingerprint density at radius 3 is 1.85 bits per heavy atom. The summed E-state index contributed by atoms with van der Waals surface area (Å²) in [6.07, 6.45) is 2.16. The molecule has 0 bridgehead atoms. The second-order valence-corrected chi connectivity index (χ2v) is 4.45. The van der Waals surface area contributed by atoms with Crippen LogP contribution in [0.5, 0.6) is 0 Å². The molecular formula is C11H21FO. The first-order valence-electron chi connectivity index (χ1n) is 4.97. The summed E-state index contributed by atoms with van der Waals surface area (Å²) in [5.41, 5.74) is -1.70. The van der Waals surface area contributed by atoms with Gasteiger partial charge in [0.2, 0.25) is 0 Å². The number of hydrogen-bond donors (Lipinski definition) is 0. The number of ketones is 1. The fourth-order valence-electron chi connectivity index (χ4n) is 1.43. The molecule has 78 valence electrons. The maximum atomic E-state index is 13.7. The Morgan fingerprint density at radius 1 is 1.23 bits per heavy atom. The number of halogens is 1. The van der Waals surface area contributed by atoms with Crippen molar-refractivity contribution >= 4 is 5.78 Å². The van der Waals surface area contributed by atoms with Crippen molar-refractivity contribution in [1.29, 1.82) is 0 Å². The molecule has 0 spiro atoms. The van der Waals surface area contributed by atoms with Gasteiger partial charge in [0.05, 0.1) is 0 Å². The molecule has 0 saturated heterocycles. The van der Waals surface area contributed by atoms with Gasteiger partial charge in [-0.3, -0.25) is 4.79 Å². The van der Waals surface area contributed by atoms with Crippen molar-refractivity contribution in [3.8, 4) is 0 Å². The second-order valence-electron chi connectivity index (χ2n) is 4.45. The molecule has 2 heteroatoms. The quantitative estimate of drug-likeness (QED) is 0.645. The molecule has 0 N–H and O–H groups in total. The van der Waals surface area contributed by atoms with Crippen LogP contribution in [0, 0.1) is 5.41 Å². The summed E-state index contributed by atoms with van der Waals surface area (Å²) < 4.78 is 13.7. The number of hydrogen-bond acceptors (Lipinski definition) is 1. The van der Waals surface area contributed by atoms with Gasteiger partial charge in [0.25, 0.3) is 0 Å². The maximum absolute atomic E-state index is 13.7. The van der Waals surface area contributed by atoms with Crippen LogP contribution in [0.15, 0.2) is 0 Å². The predicted molar refractivity (Wildman–Crippen MR) is 53.5 cm³/mol. The molecule has 0 fully saturated rings. The van der Waals surface area contributed by atoms with E-state index in [0.29, 0.717) is 6.42 Å². The fraction of sp³-hybridized carbons (Fsp3) is 0.909. The summed E-state index contributed by atoms with van der Waals surface area (Å²) >= 11 is 0. The molecule has 0 aromatic heterocycles. The van der Waals surface area contributed by atoms with Gasteiger partial charge in [-0.05, 0) is 25.7 Å². The molecule has 0 aliphatic heterocycles. The van der Waals surface area contributed by atoms with E-state index in [0.717, 1.165) is 12.8 Å². The van der Waals surface area contributed by atoms with E-state index in [2.05, 4.69) is 0 Å². The maximum Gasteiger partial charge on any atom is 0.166 e. The summed E-state index contributed by atoms with van der Waals surface area (Å²) in [6, 6.07) is 0. The highest BCUT2D eigenvalue weighted by Crippen LogP contribution is 2.36. The smallest absolute Gasteiger partial charge is 0.166 e. The van der Waals surface area contributed by atoms with Crippen molar-refractivity contribution in [2.75, 3.05) is 0 Å². The third-order valence-corrected chi connectivity index (χ3v) is 3.20. The zero-order valence-corrected chi connectivity index (χ0v) is 9.41. The summed E-state index contributed by atoms with van der Waals surface area (Å²) in [5, 5.41) is 0. The van der Waals surface area contributed by atoms with Gasteiger partial charge in [-0.15, -0.1) is 0 Å². The van der Waals surface area contributed by atoms with Crippen LogP contribution in [-0.4, -0.2) is 11.5 Å². The minimum absolute atomic E-state index is 0.0465. The molecule has 1 atom stereocenters. The van der Waals surface area contributed by atoms with Gasteiger partial charge in [0.15, 0.2) is 11.5 Å². The van der Waals surface area contributed by atoms with E-state index in [9.17, 15) is 9.18 Å². The average Bonchev–Trinajstić information content (AvgIpc) is 2.03. The Kier molecular flexibility index (Phi) is 4.08. The van der Waals surface area contributed by atoms with Crippen LogP contribution >= 0.6 is 0 Å².